The number of halogens is 1. The van der Waals surface area contributed by atoms with Gasteiger partial charge in [0.1, 0.15) is 0 Å². The van der Waals surface area contributed by atoms with E-state index in [1.54, 1.807) is 4.90 Å². The van der Waals surface area contributed by atoms with Crippen molar-refractivity contribution in [1.29, 1.82) is 0 Å². The number of nitrogens with zero attached hydrogens (tertiary/aromatic N) is 2. The Morgan fingerprint density at radius 1 is 1.21 bits per heavy atom. The molecule has 0 unspecified atom stereocenters. The van der Waals surface area contributed by atoms with Crippen LogP contribution < -0.4 is 4.74 Å². The van der Waals surface area contributed by atoms with E-state index < -0.39 is 15.8 Å². The molecule has 0 N–H and O–H groups in total. The molecule has 0 radical (unpaired) electrons. The van der Waals surface area contributed by atoms with Gasteiger partial charge in [-0.1, -0.05) is 13.8 Å². The van der Waals surface area contributed by atoms with Gasteiger partial charge in [-0.25, -0.2) is 12.8 Å². The molecule has 1 aromatic rings. The van der Waals surface area contributed by atoms with Crippen LogP contribution in [0.4, 0.5) is 4.39 Å². The Morgan fingerprint density at radius 3 is 2.50 bits per heavy atom. The second-order valence-electron chi connectivity index (χ2n) is 6.03. The van der Waals surface area contributed by atoms with Crippen molar-refractivity contribution in [2.24, 2.45) is 5.92 Å². The van der Waals surface area contributed by atoms with Crippen LogP contribution in [0.25, 0.3) is 0 Å². The second kappa shape index (κ2) is 7.48. The Morgan fingerprint density at radius 2 is 1.92 bits per heavy atom. The van der Waals surface area contributed by atoms with Gasteiger partial charge in [0.2, 0.25) is 15.9 Å². The van der Waals surface area contributed by atoms with Crippen LogP contribution in [0.5, 0.6) is 5.75 Å². The molecule has 0 bridgehead atoms. The van der Waals surface area contributed by atoms with Gasteiger partial charge in [-0.15, -0.1) is 0 Å². The van der Waals surface area contributed by atoms with Crippen LogP contribution in [0.1, 0.15) is 20.3 Å². The Balaban J connectivity index is 2.18. The van der Waals surface area contributed by atoms with E-state index in [9.17, 15) is 17.6 Å². The van der Waals surface area contributed by atoms with E-state index in [0.717, 1.165) is 6.07 Å². The van der Waals surface area contributed by atoms with Gasteiger partial charge in [0, 0.05) is 32.1 Å². The maximum Gasteiger partial charge on any atom is 0.243 e. The van der Waals surface area contributed by atoms with Gasteiger partial charge < -0.3 is 9.64 Å². The van der Waals surface area contributed by atoms with Crippen LogP contribution in [-0.4, -0.2) is 56.8 Å². The van der Waals surface area contributed by atoms with Crippen molar-refractivity contribution >= 4 is 15.9 Å². The average molecular weight is 358 g/mol. The van der Waals surface area contributed by atoms with Crippen molar-refractivity contribution in [2.45, 2.75) is 25.2 Å². The Hall–Kier alpha value is -1.67. The Bertz CT molecular complexity index is 706. The number of benzene rings is 1. The Labute approximate surface area is 142 Å². The molecule has 1 amide bonds. The van der Waals surface area contributed by atoms with E-state index in [0.29, 0.717) is 26.1 Å². The molecular weight excluding hydrogens is 335 g/mol. The predicted octanol–water partition coefficient (Wildman–Crippen LogP) is 1.71. The van der Waals surface area contributed by atoms with Crippen molar-refractivity contribution < 1.29 is 22.3 Å². The van der Waals surface area contributed by atoms with Gasteiger partial charge >= 0.3 is 0 Å². The molecule has 0 saturated carbocycles. The first-order valence-corrected chi connectivity index (χ1v) is 9.34. The molecule has 0 spiro atoms. The van der Waals surface area contributed by atoms with E-state index in [-0.39, 0.29) is 29.0 Å². The first-order valence-electron chi connectivity index (χ1n) is 7.90. The van der Waals surface area contributed by atoms with Crippen LogP contribution in [0.3, 0.4) is 0 Å². The summed E-state index contributed by atoms with van der Waals surface area (Å²) >= 11 is 0. The zero-order valence-electron chi connectivity index (χ0n) is 14.2. The third-order valence-corrected chi connectivity index (χ3v) is 5.92. The quantitative estimate of drug-likeness (QED) is 0.822. The summed E-state index contributed by atoms with van der Waals surface area (Å²) < 4.78 is 45.4. The number of carbonyl (C=O) groups is 1. The van der Waals surface area contributed by atoms with Gasteiger partial charge in [0.15, 0.2) is 11.6 Å². The SMILES string of the molecule is COc1ccc(S(=O)(=O)N2CCCN(C(=O)C(C)C)CC2)cc1F. The summed E-state index contributed by atoms with van der Waals surface area (Å²) in [6.45, 7) is 5.02. The van der Waals surface area contributed by atoms with Crippen molar-refractivity contribution in [2.75, 3.05) is 33.3 Å². The zero-order chi connectivity index (χ0) is 17.9. The number of carbonyl (C=O) groups excluding carboxylic acids is 1. The lowest BCUT2D eigenvalue weighted by molar-refractivity contribution is -0.134. The fourth-order valence-electron chi connectivity index (χ4n) is 2.68. The fraction of sp³-hybridized carbons (Fsp3) is 0.562. The number of ether oxygens (including phenoxy) is 1. The molecule has 1 heterocycles. The first kappa shape index (κ1) is 18.7. The van der Waals surface area contributed by atoms with E-state index in [1.807, 2.05) is 13.8 Å². The lowest BCUT2D eigenvalue weighted by atomic mass is 10.2. The molecule has 0 aromatic heterocycles. The van der Waals surface area contributed by atoms with E-state index in [1.165, 1.54) is 23.5 Å². The van der Waals surface area contributed by atoms with Gasteiger partial charge in [0.05, 0.1) is 12.0 Å². The highest BCUT2D eigenvalue weighted by Crippen LogP contribution is 2.24. The van der Waals surface area contributed by atoms with Crippen LogP contribution in [0.2, 0.25) is 0 Å². The minimum Gasteiger partial charge on any atom is -0.494 e. The van der Waals surface area contributed by atoms with Crippen LogP contribution in [0.15, 0.2) is 23.1 Å². The highest BCUT2D eigenvalue weighted by molar-refractivity contribution is 7.89. The minimum absolute atomic E-state index is 0.00137. The summed E-state index contributed by atoms with van der Waals surface area (Å²) in [6.07, 6.45) is 0.552. The Kier molecular flexibility index (Phi) is 5.82. The summed E-state index contributed by atoms with van der Waals surface area (Å²) in [6, 6.07) is 3.60. The largest absolute Gasteiger partial charge is 0.494 e. The monoisotopic (exact) mass is 358 g/mol. The van der Waals surface area contributed by atoms with Gasteiger partial charge in [-0.05, 0) is 24.6 Å². The van der Waals surface area contributed by atoms with Crippen molar-refractivity contribution in [3.05, 3.63) is 24.0 Å². The fourth-order valence-corrected chi connectivity index (χ4v) is 4.16. The smallest absolute Gasteiger partial charge is 0.243 e. The molecule has 1 aliphatic heterocycles. The molecule has 1 aromatic carbocycles. The van der Waals surface area contributed by atoms with E-state index in [4.69, 9.17) is 4.74 Å². The van der Waals surface area contributed by atoms with Crippen LogP contribution in [0, 0.1) is 11.7 Å². The summed E-state index contributed by atoms with van der Waals surface area (Å²) in [5.41, 5.74) is 0. The molecule has 1 fully saturated rings. The molecule has 6 nitrogen and oxygen atoms in total. The summed E-state index contributed by atoms with van der Waals surface area (Å²) in [5, 5.41) is 0. The topological polar surface area (TPSA) is 66.9 Å². The van der Waals surface area contributed by atoms with Crippen molar-refractivity contribution in [3.8, 4) is 5.75 Å². The van der Waals surface area contributed by atoms with Gasteiger partial charge in [0.25, 0.3) is 0 Å². The lowest BCUT2D eigenvalue weighted by Crippen LogP contribution is -2.38. The second-order valence-corrected chi connectivity index (χ2v) is 7.97. The number of rotatable bonds is 4. The minimum atomic E-state index is -3.80. The lowest BCUT2D eigenvalue weighted by Gasteiger charge is -2.23. The summed E-state index contributed by atoms with van der Waals surface area (Å²) in [5.74, 6) is -0.822. The van der Waals surface area contributed by atoms with Crippen LogP contribution in [-0.2, 0) is 14.8 Å². The highest BCUT2D eigenvalue weighted by atomic mass is 32.2. The van der Waals surface area contributed by atoms with E-state index >= 15 is 0 Å². The molecule has 0 atom stereocenters. The van der Waals surface area contributed by atoms with Gasteiger partial charge in [-0.3, -0.25) is 4.79 Å². The number of methoxy groups -OCH3 is 1. The normalized spacial score (nSPS) is 17.0. The number of hydrogen-bond acceptors (Lipinski definition) is 4. The standard InChI is InChI=1S/C16H23FN2O4S/c1-12(2)16(20)18-7-4-8-19(10-9-18)24(21,22)13-5-6-15(23-3)14(17)11-13/h5-6,11-12H,4,7-10H2,1-3H3. The molecule has 1 saturated heterocycles. The maximum atomic E-state index is 13.8. The molecule has 134 valence electrons. The number of sulfonamides is 1. The van der Waals surface area contributed by atoms with Crippen LogP contribution >= 0.6 is 0 Å². The number of hydrogen-bond donors (Lipinski definition) is 0. The van der Waals surface area contributed by atoms with Crippen molar-refractivity contribution in [3.63, 3.8) is 0 Å². The molecular formula is C16H23FN2O4S. The zero-order valence-corrected chi connectivity index (χ0v) is 15.0. The third-order valence-electron chi connectivity index (χ3n) is 4.02. The molecule has 2 rings (SSSR count). The predicted molar refractivity (Wildman–Crippen MR) is 87.7 cm³/mol. The summed E-state index contributed by atoms with van der Waals surface area (Å²) in [7, 11) is -2.48. The first-order chi connectivity index (χ1) is 11.3. The number of amides is 1. The molecule has 8 heteroatoms. The van der Waals surface area contributed by atoms with Crippen molar-refractivity contribution in [1.82, 2.24) is 9.21 Å². The average Bonchev–Trinajstić information content (AvgIpc) is 2.80. The van der Waals surface area contributed by atoms with E-state index in [2.05, 4.69) is 0 Å². The molecule has 1 aliphatic rings. The maximum absolute atomic E-state index is 13.8. The molecule has 0 aliphatic carbocycles. The molecule has 24 heavy (non-hydrogen) atoms. The highest BCUT2D eigenvalue weighted by Gasteiger charge is 2.29. The summed E-state index contributed by atoms with van der Waals surface area (Å²) in [4.78, 5) is 13.7. The third kappa shape index (κ3) is 3.87. The van der Waals surface area contributed by atoms with Gasteiger partial charge in [-0.2, -0.15) is 4.31 Å².